The van der Waals surface area contributed by atoms with Crippen LogP contribution in [0.4, 0.5) is 5.69 Å². The van der Waals surface area contributed by atoms with Crippen LogP contribution in [-0.2, 0) is 4.79 Å². The molecule has 2 rings (SSSR count). The van der Waals surface area contributed by atoms with E-state index in [1.807, 2.05) is 6.92 Å². The number of hydrogen-bond donors (Lipinski definition) is 2. The van der Waals surface area contributed by atoms with Crippen molar-refractivity contribution in [2.24, 2.45) is 0 Å². The summed E-state index contributed by atoms with van der Waals surface area (Å²) in [6.07, 6.45) is 3.15. The number of rotatable bonds is 6. The third kappa shape index (κ3) is 4.59. The highest BCUT2D eigenvalue weighted by Crippen LogP contribution is 2.11. The van der Waals surface area contributed by atoms with Crippen LogP contribution in [0.15, 0.2) is 48.8 Å². The van der Waals surface area contributed by atoms with Crippen LogP contribution in [0.5, 0.6) is 5.75 Å². The monoisotopic (exact) mass is 299 g/mol. The molecule has 2 amide bonds. The normalized spacial score (nSPS) is 9.86. The zero-order valence-corrected chi connectivity index (χ0v) is 12.2. The van der Waals surface area contributed by atoms with E-state index >= 15 is 0 Å². The fourth-order valence-corrected chi connectivity index (χ4v) is 1.77. The summed E-state index contributed by atoms with van der Waals surface area (Å²) in [6.45, 7) is 2.35. The number of aromatic nitrogens is 1. The number of benzene rings is 1. The molecule has 0 unspecified atom stereocenters. The highest BCUT2D eigenvalue weighted by atomic mass is 16.5. The summed E-state index contributed by atoms with van der Waals surface area (Å²) in [5.41, 5.74) is 1.06. The Kier molecular flexibility index (Phi) is 5.48. The second kappa shape index (κ2) is 7.78. The molecule has 0 radical (unpaired) electrons. The van der Waals surface area contributed by atoms with Gasteiger partial charge >= 0.3 is 0 Å². The molecule has 0 saturated carbocycles. The largest absolute Gasteiger partial charge is 0.494 e. The van der Waals surface area contributed by atoms with Crippen LogP contribution in [0, 0.1) is 0 Å². The van der Waals surface area contributed by atoms with E-state index in [4.69, 9.17) is 4.74 Å². The highest BCUT2D eigenvalue weighted by molar-refractivity contribution is 5.99. The van der Waals surface area contributed by atoms with Gasteiger partial charge in [-0.05, 0) is 43.3 Å². The van der Waals surface area contributed by atoms with Gasteiger partial charge in [0.1, 0.15) is 5.75 Å². The summed E-state index contributed by atoms with van der Waals surface area (Å²) in [5.74, 6) is 0.0741. The number of carbonyl (C=O) groups excluding carboxylic acids is 2. The van der Waals surface area contributed by atoms with Gasteiger partial charge in [-0.25, -0.2) is 0 Å². The predicted octanol–water partition coefficient (Wildman–Crippen LogP) is 1.85. The average molecular weight is 299 g/mol. The second-order valence-corrected chi connectivity index (χ2v) is 4.43. The average Bonchev–Trinajstić information content (AvgIpc) is 2.54. The summed E-state index contributed by atoms with van der Waals surface area (Å²) >= 11 is 0. The molecule has 0 fully saturated rings. The minimum atomic E-state index is -0.315. The van der Waals surface area contributed by atoms with E-state index in [0.717, 1.165) is 0 Å². The number of hydrogen-bond acceptors (Lipinski definition) is 4. The predicted molar refractivity (Wildman–Crippen MR) is 82.8 cm³/mol. The molecule has 1 aromatic heterocycles. The molecule has 6 nitrogen and oxygen atoms in total. The van der Waals surface area contributed by atoms with Crippen molar-refractivity contribution in [2.45, 2.75) is 6.92 Å². The minimum Gasteiger partial charge on any atom is -0.494 e. The molecule has 2 N–H and O–H groups in total. The SMILES string of the molecule is CCOc1ccc(C(=O)NCC(=O)Nc2cccnc2)cc1. The molecule has 1 aromatic carbocycles. The molecule has 6 heteroatoms. The number of nitrogens with one attached hydrogen (secondary N) is 2. The summed E-state index contributed by atoms with van der Waals surface area (Å²) < 4.78 is 5.30. The second-order valence-electron chi connectivity index (χ2n) is 4.43. The lowest BCUT2D eigenvalue weighted by atomic mass is 10.2. The number of nitrogens with zero attached hydrogens (tertiary/aromatic N) is 1. The van der Waals surface area contributed by atoms with E-state index in [2.05, 4.69) is 15.6 Å². The molecular weight excluding hydrogens is 282 g/mol. The summed E-state index contributed by atoms with van der Waals surface area (Å²) in [7, 11) is 0. The van der Waals surface area contributed by atoms with E-state index in [9.17, 15) is 9.59 Å². The first kappa shape index (κ1) is 15.5. The number of anilines is 1. The van der Waals surface area contributed by atoms with Crippen molar-refractivity contribution in [3.8, 4) is 5.75 Å². The summed E-state index contributed by atoms with van der Waals surface area (Å²) in [5, 5.41) is 5.20. The van der Waals surface area contributed by atoms with Crippen LogP contribution in [0.2, 0.25) is 0 Å². The maximum atomic E-state index is 11.9. The zero-order valence-electron chi connectivity index (χ0n) is 12.2. The topological polar surface area (TPSA) is 80.3 Å². The molecule has 1 heterocycles. The van der Waals surface area contributed by atoms with Crippen molar-refractivity contribution in [3.05, 3.63) is 54.4 Å². The molecule has 0 aliphatic heterocycles. The molecule has 22 heavy (non-hydrogen) atoms. The van der Waals surface area contributed by atoms with E-state index in [-0.39, 0.29) is 18.4 Å². The molecule has 2 aromatic rings. The smallest absolute Gasteiger partial charge is 0.251 e. The van der Waals surface area contributed by atoms with Crippen LogP contribution in [0.1, 0.15) is 17.3 Å². The van der Waals surface area contributed by atoms with Crippen LogP contribution in [0.3, 0.4) is 0 Å². The Morgan fingerprint density at radius 3 is 2.59 bits per heavy atom. The van der Waals surface area contributed by atoms with E-state index in [0.29, 0.717) is 23.6 Å². The number of pyridine rings is 1. The van der Waals surface area contributed by atoms with Crippen LogP contribution in [-0.4, -0.2) is 29.9 Å². The van der Waals surface area contributed by atoms with Gasteiger partial charge < -0.3 is 15.4 Å². The maximum Gasteiger partial charge on any atom is 0.251 e. The van der Waals surface area contributed by atoms with Crippen LogP contribution >= 0.6 is 0 Å². The van der Waals surface area contributed by atoms with Crippen molar-refractivity contribution >= 4 is 17.5 Å². The van der Waals surface area contributed by atoms with Crippen molar-refractivity contribution in [1.29, 1.82) is 0 Å². The highest BCUT2D eigenvalue weighted by Gasteiger charge is 2.08. The molecule has 0 saturated heterocycles. The zero-order chi connectivity index (χ0) is 15.8. The first-order chi connectivity index (χ1) is 10.7. The number of amides is 2. The molecule has 0 spiro atoms. The number of carbonyl (C=O) groups is 2. The van der Waals surface area contributed by atoms with Gasteiger partial charge in [0.2, 0.25) is 5.91 Å². The molecule has 0 aliphatic carbocycles. The molecule has 114 valence electrons. The van der Waals surface area contributed by atoms with Crippen molar-refractivity contribution < 1.29 is 14.3 Å². The van der Waals surface area contributed by atoms with Crippen LogP contribution < -0.4 is 15.4 Å². The van der Waals surface area contributed by atoms with Crippen LogP contribution in [0.25, 0.3) is 0 Å². The number of ether oxygens (including phenoxy) is 1. The Balaban J connectivity index is 1.83. The van der Waals surface area contributed by atoms with Gasteiger partial charge in [0.05, 0.1) is 25.0 Å². The minimum absolute atomic E-state index is 0.110. The summed E-state index contributed by atoms with van der Waals surface area (Å²) in [6, 6.07) is 10.2. The fraction of sp³-hybridized carbons (Fsp3) is 0.188. The van der Waals surface area contributed by atoms with Gasteiger partial charge in [-0.1, -0.05) is 0 Å². The van der Waals surface area contributed by atoms with Gasteiger partial charge in [-0.3, -0.25) is 14.6 Å². The van der Waals surface area contributed by atoms with Gasteiger partial charge in [0.15, 0.2) is 0 Å². The lowest BCUT2D eigenvalue weighted by Gasteiger charge is -2.07. The maximum absolute atomic E-state index is 11.9. The third-order valence-electron chi connectivity index (χ3n) is 2.78. The molecule has 0 atom stereocenters. The van der Waals surface area contributed by atoms with Gasteiger partial charge in [-0.15, -0.1) is 0 Å². The summed E-state index contributed by atoms with van der Waals surface area (Å²) in [4.78, 5) is 27.5. The lowest BCUT2D eigenvalue weighted by Crippen LogP contribution is -2.32. The first-order valence-corrected chi connectivity index (χ1v) is 6.90. The van der Waals surface area contributed by atoms with Gasteiger partial charge in [0, 0.05) is 11.8 Å². The third-order valence-corrected chi connectivity index (χ3v) is 2.78. The molecule has 0 aliphatic rings. The Labute approximate surface area is 128 Å². The van der Waals surface area contributed by atoms with E-state index in [1.54, 1.807) is 42.6 Å². The van der Waals surface area contributed by atoms with Crippen molar-refractivity contribution in [1.82, 2.24) is 10.3 Å². The first-order valence-electron chi connectivity index (χ1n) is 6.90. The standard InChI is InChI=1S/C16H17N3O3/c1-2-22-14-7-5-12(6-8-14)16(21)18-11-15(20)19-13-4-3-9-17-10-13/h3-10H,2,11H2,1H3,(H,18,21)(H,19,20). The quantitative estimate of drug-likeness (QED) is 0.853. The van der Waals surface area contributed by atoms with Gasteiger partial charge in [0.25, 0.3) is 5.91 Å². The fourth-order valence-electron chi connectivity index (χ4n) is 1.77. The van der Waals surface area contributed by atoms with E-state index < -0.39 is 0 Å². The Morgan fingerprint density at radius 2 is 1.95 bits per heavy atom. The van der Waals surface area contributed by atoms with Gasteiger partial charge in [-0.2, -0.15) is 0 Å². The Bertz CT molecular complexity index is 627. The van der Waals surface area contributed by atoms with Crippen molar-refractivity contribution in [3.63, 3.8) is 0 Å². The molecule has 0 bridgehead atoms. The van der Waals surface area contributed by atoms with E-state index in [1.165, 1.54) is 6.20 Å². The molecular formula is C16H17N3O3. The lowest BCUT2D eigenvalue weighted by molar-refractivity contribution is -0.115. The Hall–Kier alpha value is -2.89. The van der Waals surface area contributed by atoms with Crippen molar-refractivity contribution in [2.75, 3.05) is 18.5 Å². The Morgan fingerprint density at radius 1 is 1.18 bits per heavy atom.